The van der Waals surface area contributed by atoms with Crippen molar-refractivity contribution >= 4 is 16.9 Å². The minimum atomic E-state index is -0.769. The van der Waals surface area contributed by atoms with Crippen LogP contribution in [0, 0.1) is 0 Å². The predicted octanol–water partition coefficient (Wildman–Crippen LogP) is 2.02. The number of para-hydroxylation sites is 1. The van der Waals surface area contributed by atoms with Crippen LogP contribution in [-0.2, 0) is 17.9 Å². The van der Waals surface area contributed by atoms with Gasteiger partial charge in [0, 0.05) is 38.9 Å². The quantitative estimate of drug-likeness (QED) is 0.819. The number of aliphatic carboxylic acids is 1. The third kappa shape index (κ3) is 3.18. The third-order valence-electron chi connectivity index (χ3n) is 3.52. The molecule has 0 aliphatic rings. The molecule has 0 aliphatic carbocycles. The molecule has 0 spiro atoms. The largest absolute Gasteiger partial charge is 0.481 e. The lowest BCUT2D eigenvalue weighted by Crippen LogP contribution is -2.33. The van der Waals surface area contributed by atoms with E-state index in [-0.39, 0.29) is 6.42 Å². The zero-order valence-electron chi connectivity index (χ0n) is 12.2. The molecule has 5 nitrogen and oxygen atoms in total. The summed E-state index contributed by atoms with van der Waals surface area (Å²) in [5, 5.41) is 14.2. The molecule has 2 rings (SSSR count). The van der Waals surface area contributed by atoms with Crippen LogP contribution in [0.3, 0.4) is 0 Å². The molecule has 0 saturated carbocycles. The van der Waals surface area contributed by atoms with Gasteiger partial charge in [-0.25, -0.2) is 10.0 Å². The molecule has 0 bridgehead atoms. The zero-order chi connectivity index (χ0) is 14.7. The van der Waals surface area contributed by atoms with E-state index < -0.39 is 5.97 Å². The lowest BCUT2D eigenvalue weighted by atomic mass is 10.2. The maximum Gasteiger partial charge on any atom is 0.305 e. The Morgan fingerprint density at radius 3 is 2.60 bits per heavy atom. The molecule has 1 N–H and O–H groups in total. The van der Waals surface area contributed by atoms with Crippen molar-refractivity contribution in [2.45, 2.75) is 19.5 Å². The van der Waals surface area contributed by atoms with Gasteiger partial charge in [-0.3, -0.25) is 4.79 Å². The molecule has 0 saturated heterocycles. The molecule has 1 heterocycles. The molecule has 5 heteroatoms. The van der Waals surface area contributed by atoms with E-state index in [0.717, 1.165) is 23.1 Å². The summed E-state index contributed by atoms with van der Waals surface area (Å²) in [5.41, 5.74) is 2.22. The third-order valence-corrected chi connectivity index (χ3v) is 3.52. The Labute approximate surface area is 119 Å². The van der Waals surface area contributed by atoms with E-state index in [4.69, 9.17) is 5.11 Å². The van der Waals surface area contributed by atoms with Gasteiger partial charge in [0.1, 0.15) is 0 Å². The maximum absolute atomic E-state index is 10.8. The number of rotatable bonds is 6. The number of carbonyl (C=O) groups is 1. The summed E-state index contributed by atoms with van der Waals surface area (Å²) in [7, 11) is 5.99. The zero-order valence-corrected chi connectivity index (χ0v) is 12.2. The fourth-order valence-electron chi connectivity index (χ4n) is 2.25. The standard InChI is InChI=1S/C15H21N3O2/c1-16(2)17(3)11-13-10-12-6-4-5-7-14(12)18(13)9-8-15(19)20/h4-7,10H,8-9,11H2,1-3H3,(H,19,20). The van der Waals surface area contributed by atoms with E-state index in [1.165, 1.54) is 0 Å². The van der Waals surface area contributed by atoms with Gasteiger partial charge in [0.15, 0.2) is 0 Å². The Bertz CT molecular complexity index is 604. The molecule has 0 amide bonds. The van der Waals surface area contributed by atoms with Gasteiger partial charge in [-0.1, -0.05) is 18.2 Å². The van der Waals surface area contributed by atoms with Crippen molar-refractivity contribution in [1.82, 2.24) is 14.6 Å². The second-order valence-corrected chi connectivity index (χ2v) is 5.15. The number of nitrogens with zero attached hydrogens (tertiary/aromatic N) is 3. The first kappa shape index (κ1) is 14.6. The summed E-state index contributed by atoms with van der Waals surface area (Å²) < 4.78 is 2.10. The summed E-state index contributed by atoms with van der Waals surface area (Å²) in [4.78, 5) is 10.8. The summed E-state index contributed by atoms with van der Waals surface area (Å²) in [6.07, 6.45) is 0.136. The number of aryl methyl sites for hydroxylation is 1. The smallest absolute Gasteiger partial charge is 0.305 e. The van der Waals surface area contributed by atoms with E-state index in [2.05, 4.69) is 21.7 Å². The maximum atomic E-state index is 10.8. The van der Waals surface area contributed by atoms with Crippen LogP contribution in [0.2, 0.25) is 0 Å². The van der Waals surface area contributed by atoms with Crippen LogP contribution < -0.4 is 0 Å². The number of aromatic nitrogens is 1. The monoisotopic (exact) mass is 275 g/mol. The second kappa shape index (κ2) is 6.07. The van der Waals surface area contributed by atoms with Crippen LogP contribution >= 0.6 is 0 Å². The Hall–Kier alpha value is -1.85. The summed E-state index contributed by atoms with van der Waals surface area (Å²) >= 11 is 0. The summed E-state index contributed by atoms with van der Waals surface area (Å²) in [5.74, 6) is -0.769. The van der Waals surface area contributed by atoms with E-state index in [9.17, 15) is 4.79 Å². The molecule has 0 fully saturated rings. The average Bonchev–Trinajstić information content (AvgIpc) is 2.73. The second-order valence-electron chi connectivity index (χ2n) is 5.15. The normalized spacial score (nSPS) is 11.7. The Morgan fingerprint density at radius 2 is 1.95 bits per heavy atom. The molecule has 2 aromatic rings. The van der Waals surface area contributed by atoms with Gasteiger partial charge < -0.3 is 9.67 Å². The molecule has 108 valence electrons. The molecule has 0 atom stereocenters. The fourth-order valence-corrected chi connectivity index (χ4v) is 2.25. The average molecular weight is 275 g/mol. The number of hydrogen-bond donors (Lipinski definition) is 1. The van der Waals surface area contributed by atoms with E-state index in [1.54, 1.807) is 0 Å². The van der Waals surface area contributed by atoms with Crippen molar-refractivity contribution in [1.29, 1.82) is 0 Å². The van der Waals surface area contributed by atoms with Crippen LogP contribution in [0.4, 0.5) is 0 Å². The van der Waals surface area contributed by atoms with Gasteiger partial charge in [-0.15, -0.1) is 0 Å². The number of hydrogen-bond acceptors (Lipinski definition) is 3. The molecule has 1 aromatic carbocycles. The number of carboxylic acid groups (broad SMARTS) is 1. The summed E-state index contributed by atoms with van der Waals surface area (Å²) in [6.45, 7) is 1.25. The van der Waals surface area contributed by atoms with Gasteiger partial charge in [0.05, 0.1) is 13.0 Å². The minimum Gasteiger partial charge on any atom is -0.481 e. The van der Waals surface area contributed by atoms with Gasteiger partial charge in [-0.05, 0) is 17.5 Å². The van der Waals surface area contributed by atoms with E-state index >= 15 is 0 Å². The van der Waals surface area contributed by atoms with Gasteiger partial charge in [0.25, 0.3) is 0 Å². The minimum absolute atomic E-state index is 0.136. The van der Waals surface area contributed by atoms with Gasteiger partial charge in [0.2, 0.25) is 0 Å². The lowest BCUT2D eigenvalue weighted by Gasteiger charge is -2.24. The molecule has 20 heavy (non-hydrogen) atoms. The molecule has 0 unspecified atom stereocenters. The van der Waals surface area contributed by atoms with Crippen molar-refractivity contribution in [3.05, 3.63) is 36.0 Å². The van der Waals surface area contributed by atoms with Crippen LogP contribution in [0.1, 0.15) is 12.1 Å². The van der Waals surface area contributed by atoms with Crippen LogP contribution in [0.25, 0.3) is 10.9 Å². The van der Waals surface area contributed by atoms with Crippen LogP contribution in [0.15, 0.2) is 30.3 Å². The van der Waals surface area contributed by atoms with E-state index in [0.29, 0.717) is 6.54 Å². The number of carboxylic acids is 1. The number of benzene rings is 1. The van der Waals surface area contributed by atoms with Crippen molar-refractivity contribution in [2.24, 2.45) is 0 Å². The highest BCUT2D eigenvalue weighted by Gasteiger charge is 2.12. The molecule has 0 radical (unpaired) electrons. The highest BCUT2D eigenvalue weighted by Crippen LogP contribution is 2.21. The lowest BCUT2D eigenvalue weighted by molar-refractivity contribution is -0.137. The predicted molar refractivity (Wildman–Crippen MR) is 79.3 cm³/mol. The molecule has 1 aromatic heterocycles. The first-order valence-corrected chi connectivity index (χ1v) is 6.66. The highest BCUT2D eigenvalue weighted by atomic mass is 16.4. The first-order valence-electron chi connectivity index (χ1n) is 6.66. The van der Waals surface area contributed by atoms with Crippen molar-refractivity contribution in [2.75, 3.05) is 21.1 Å². The highest BCUT2D eigenvalue weighted by molar-refractivity contribution is 5.81. The Kier molecular flexibility index (Phi) is 4.42. The Balaban J connectivity index is 2.35. The Morgan fingerprint density at radius 1 is 1.25 bits per heavy atom. The van der Waals surface area contributed by atoms with Gasteiger partial charge in [-0.2, -0.15) is 0 Å². The SMILES string of the molecule is CN(C)N(C)Cc1cc2ccccc2n1CCC(=O)O. The van der Waals surface area contributed by atoms with Crippen molar-refractivity contribution in [3.63, 3.8) is 0 Å². The number of fused-ring (bicyclic) bond motifs is 1. The topological polar surface area (TPSA) is 48.7 Å². The summed E-state index contributed by atoms with van der Waals surface area (Å²) in [6, 6.07) is 10.2. The molecule has 0 aliphatic heterocycles. The van der Waals surface area contributed by atoms with Crippen molar-refractivity contribution < 1.29 is 9.90 Å². The van der Waals surface area contributed by atoms with Crippen LogP contribution in [0.5, 0.6) is 0 Å². The van der Waals surface area contributed by atoms with E-state index in [1.807, 2.05) is 44.4 Å². The first-order chi connectivity index (χ1) is 9.49. The number of hydrazine groups is 1. The van der Waals surface area contributed by atoms with Gasteiger partial charge >= 0.3 is 5.97 Å². The molecular formula is C15H21N3O2. The van der Waals surface area contributed by atoms with Crippen LogP contribution in [-0.4, -0.2) is 46.8 Å². The van der Waals surface area contributed by atoms with Crippen molar-refractivity contribution in [3.8, 4) is 0 Å². The fraction of sp³-hybridized carbons (Fsp3) is 0.400. The molecular weight excluding hydrogens is 254 g/mol.